The van der Waals surface area contributed by atoms with Crippen LogP contribution in [0.15, 0.2) is 18.3 Å². The molecule has 1 saturated heterocycles. The monoisotopic (exact) mass is 232 g/mol. The second-order valence-corrected chi connectivity index (χ2v) is 4.28. The van der Waals surface area contributed by atoms with Crippen molar-refractivity contribution < 1.29 is 9.59 Å². The van der Waals surface area contributed by atoms with E-state index in [0.29, 0.717) is 12.8 Å². The summed E-state index contributed by atoms with van der Waals surface area (Å²) in [6.07, 6.45) is 3.40. The first kappa shape index (κ1) is 11.8. The van der Waals surface area contributed by atoms with Gasteiger partial charge in [-0.1, -0.05) is 13.0 Å². The number of pyridine rings is 1. The van der Waals surface area contributed by atoms with Gasteiger partial charge in [0.2, 0.25) is 11.8 Å². The molecule has 1 atom stereocenters. The van der Waals surface area contributed by atoms with E-state index in [9.17, 15) is 9.59 Å². The Hall–Kier alpha value is -1.71. The van der Waals surface area contributed by atoms with Crippen LogP contribution in [-0.4, -0.2) is 21.7 Å². The topological polar surface area (TPSA) is 50.3 Å². The highest BCUT2D eigenvalue weighted by Crippen LogP contribution is 2.25. The molecule has 4 nitrogen and oxygen atoms in total. The van der Waals surface area contributed by atoms with Crippen molar-refractivity contribution in [1.82, 2.24) is 9.88 Å². The molecule has 1 unspecified atom stereocenters. The molecule has 0 N–H and O–H groups in total. The van der Waals surface area contributed by atoms with Crippen LogP contribution in [0.4, 0.5) is 0 Å². The van der Waals surface area contributed by atoms with Crippen LogP contribution in [0.2, 0.25) is 0 Å². The molecule has 1 aromatic heterocycles. The Morgan fingerprint density at radius 3 is 2.41 bits per heavy atom. The third-order valence-corrected chi connectivity index (χ3v) is 3.16. The van der Waals surface area contributed by atoms with Crippen molar-refractivity contribution in [2.45, 2.75) is 39.2 Å². The lowest BCUT2D eigenvalue weighted by Crippen LogP contribution is -2.32. The Morgan fingerprint density at radius 2 is 1.94 bits per heavy atom. The molecule has 1 aliphatic heterocycles. The summed E-state index contributed by atoms with van der Waals surface area (Å²) in [7, 11) is 0. The Bertz CT molecular complexity index is 423. The van der Waals surface area contributed by atoms with E-state index in [4.69, 9.17) is 0 Å². The number of carbonyl (C=O) groups is 2. The molecular weight excluding hydrogens is 216 g/mol. The van der Waals surface area contributed by atoms with Gasteiger partial charge in [-0.2, -0.15) is 0 Å². The van der Waals surface area contributed by atoms with E-state index in [0.717, 1.165) is 17.7 Å². The average Bonchev–Trinajstić information content (AvgIpc) is 2.68. The predicted molar refractivity (Wildman–Crippen MR) is 63.1 cm³/mol. The smallest absolute Gasteiger partial charge is 0.230 e. The first-order chi connectivity index (χ1) is 8.13. The summed E-state index contributed by atoms with van der Waals surface area (Å²) in [6, 6.07) is 3.62. The molecule has 90 valence electrons. The zero-order chi connectivity index (χ0) is 12.4. The summed E-state index contributed by atoms with van der Waals surface area (Å²) in [4.78, 5) is 28.8. The van der Waals surface area contributed by atoms with Crippen molar-refractivity contribution in [3.05, 3.63) is 29.6 Å². The number of imide groups is 1. The molecule has 0 aliphatic carbocycles. The third kappa shape index (κ3) is 2.20. The summed E-state index contributed by atoms with van der Waals surface area (Å²) < 4.78 is 0. The van der Waals surface area contributed by atoms with E-state index in [1.54, 1.807) is 6.20 Å². The van der Waals surface area contributed by atoms with Crippen LogP contribution in [0, 0.1) is 0 Å². The van der Waals surface area contributed by atoms with Crippen molar-refractivity contribution in [2.24, 2.45) is 0 Å². The van der Waals surface area contributed by atoms with E-state index < -0.39 is 0 Å². The fraction of sp³-hybridized carbons (Fsp3) is 0.462. The van der Waals surface area contributed by atoms with Gasteiger partial charge < -0.3 is 0 Å². The first-order valence-corrected chi connectivity index (χ1v) is 5.93. The minimum absolute atomic E-state index is 0.0936. The Labute approximate surface area is 101 Å². The summed E-state index contributed by atoms with van der Waals surface area (Å²) in [5.41, 5.74) is 1.92. The van der Waals surface area contributed by atoms with Crippen LogP contribution in [0.1, 0.15) is 44.0 Å². The van der Waals surface area contributed by atoms with Gasteiger partial charge in [-0.05, 0) is 25.0 Å². The SMILES string of the molecule is CCc1ccc(C(C)N2C(=O)CCC2=O)nc1. The molecule has 1 aliphatic rings. The van der Waals surface area contributed by atoms with Gasteiger partial charge in [0.05, 0.1) is 11.7 Å². The molecule has 17 heavy (non-hydrogen) atoms. The van der Waals surface area contributed by atoms with Gasteiger partial charge >= 0.3 is 0 Å². The Kier molecular flexibility index (Phi) is 3.22. The lowest BCUT2D eigenvalue weighted by molar-refractivity contribution is -0.140. The highest BCUT2D eigenvalue weighted by atomic mass is 16.2. The minimum atomic E-state index is -0.261. The second kappa shape index (κ2) is 4.65. The maximum Gasteiger partial charge on any atom is 0.230 e. The van der Waals surface area contributed by atoms with Crippen molar-refractivity contribution in [2.75, 3.05) is 0 Å². The van der Waals surface area contributed by atoms with Crippen LogP contribution in [0.5, 0.6) is 0 Å². The first-order valence-electron chi connectivity index (χ1n) is 5.93. The normalized spacial score (nSPS) is 17.6. The van der Waals surface area contributed by atoms with Crippen LogP contribution in [0.3, 0.4) is 0 Å². The number of hydrogen-bond acceptors (Lipinski definition) is 3. The number of amides is 2. The fourth-order valence-corrected chi connectivity index (χ4v) is 2.05. The van der Waals surface area contributed by atoms with Gasteiger partial charge in [-0.3, -0.25) is 19.5 Å². The summed E-state index contributed by atoms with van der Waals surface area (Å²) >= 11 is 0. The van der Waals surface area contributed by atoms with Gasteiger partial charge in [0.25, 0.3) is 0 Å². The zero-order valence-electron chi connectivity index (χ0n) is 10.1. The highest BCUT2D eigenvalue weighted by molar-refractivity contribution is 6.02. The molecule has 4 heteroatoms. The summed E-state index contributed by atoms with van der Waals surface area (Å²) in [5, 5.41) is 0. The van der Waals surface area contributed by atoms with Gasteiger partial charge in [0.1, 0.15) is 0 Å². The van der Waals surface area contributed by atoms with E-state index in [2.05, 4.69) is 11.9 Å². The van der Waals surface area contributed by atoms with Crippen LogP contribution < -0.4 is 0 Å². The maximum atomic E-state index is 11.6. The molecule has 2 rings (SSSR count). The number of rotatable bonds is 3. The molecule has 0 aromatic carbocycles. The number of likely N-dealkylation sites (tertiary alicyclic amines) is 1. The quantitative estimate of drug-likeness (QED) is 0.747. The lowest BCUT2D eigenvalue weighted by atomic mass is 10.1. The molecular formula is C13H16N2O2. The van der Waals surface area contributed by atoms with Crippen molar-refractivity contribution in [1.29, 1.82) is 0 Å². The molecule has 0 spiro atoms. The highest BCUT2D eigenvalue weighted by Gasteiger charge is 2.33. The lowest BCUT2D eigenvalue weighted by Gasteiger charge is -2.21. The van der Waals surface area contributed by atoms with Gasteiger partial charge in [-0.25, -0.2) is 0 Å². The van der Waals surface area contributed by atoms with Crippen LogP contribution in [0.25, 0.3) is 0 Å². The molecule has 2 amide bonds. The number of aromatic nitrogens is 1. The van der Waals surface area contributed by atoms with E-state index in [-0.39, 0.29) is 17.9 Å². The Balaban J connectivity index is 2.21. The van der Waals surface area contributed by atoms with Crippen molar-refractivity contribution in [3.63, 3.8) is 0 Å². The van der Waals surface area contributed by atoms with E-state index in [1.807, 2.05) is 19.1 Å². The molecule has 0 bridgehead atoms. The van der Waals surface area contributed by atoms with Crippen LogP contribution >= 0.6 is 0 Å². The van der Waals surface area contributed by atoms with Gasteiger partial charge in [0.15, 0.2) is 0 Å². The Morgan fingerprint density at radius 1 is 1.29 bits per heavy atom. The average molecular weight is 232 g/mol. The number of hydrogen-bond donors (Lipinski definition) is 0. The van der Waals surface area contributed by atoms with Gasteiger partial charge in [0, 0.05) is 19.0 Å². The molecule has 1 aromatic rings. The third-order valence-electron chi connectivity index (χ3n) is 3.16. The summed E-state index contributed by atoms with van der Waals surface area (Å²) in [6.45, 7) is 3.91. The molecule has 0 saturated carbocycles. The van der Waals surface area contributed by atoms with Crippen LogP contribution in [-0.2, 0) is 16.0 Å². The number of aryl methyl sites for hydroxylation is 1. The zero-order valence-corrected chi connectivity index (χ0v) is 10.1. The largest absolute Gasteiger partial charge is 0.274 e. The van der Waals surface area contributed by atoms with E-state index in [1.165, 1.54) is 4.90 Å². The standard InChI is InChI=1S/C13H16N2O2/c1-3-10-4-5-11(14-8-10)9(2)15-12(16)6-7-13(15)17/h4-5,8-9H,3,6-7H2,1-2H3. The van der Waals surface area contributed by atoms with E-state index >= 15 is 0 Å². The molecule has 0 radical (unpaired) electrons. The minimum Gasteiger partial charge on any atom is -0.274 e. The van der Waals surface area contributed by atoms with Crippen molar-refractivity contribution in [3.8, 4) is 0 Å². The number of carbonyl (C=O) groups excluding carboxylic acids is 2. The van der Waals surface area contributed by atoms with Gasteiger partial charge in [-0.15, -0.1) is 0 Å². The number of nitrogens with zero attached hydrogens (tertiary/aromatic N) is 2. The summed E-state index contributed by atoms with van der Waals surface area (Å²) in [5.74, 6) is -0.187. The van der Waals surface area contributed by atoms with Crippen molar-refractivity contribution >= 4 is 11.8 Å². The molecule has 2 heterocycles. The second-order valence-electron chi connectivity index (χ2n) is 4.28. The predicted octanol–water partition coefficient (Wildman–Crippen LogP) is 1.85. The fourth-order valence-electron chi connectivity index (χ4n) is 2.05. The molecule has 1 fully saturated rings. The maximum absolute atomic E-state index is 11.6.